The van der Waals surface area contributed by atoms with E-state index < -0.39 is 0 Å². The van der Waals surface area contributed by atoms with Gasteiger partial charge in [0.2, 0.25) is 0 Å². The van der Waals surface area contributed by atoms with Crippen molar-refractivity contribution in [1.82, 2.24) is 0 Å². The summed E-state index contributed by atoms with van der Waals surface area (Å²) >= 11 is 3.80. The van der Waals surface area contributed by atoms with E-state index in [-0.39, 0.29) is 0 Å². The summed E-state index contributed by atoms with van der Waals surface area (Å²) in [6.07, 6.45) is 44.0. The van der Waals surface area contributed by atoms with Gasteiger partial charge in [-0.3, -0.25) is 0 Å². The van der Waals surface area contributed by atoms with Gasteiger partial charge in [0.15, 0.2) is 0 Å². The first-order valence-electron chi connectivity index (χ1n) is 16.9. The normalized spacial score (nSPS) is 11.7. The highest BCUT2D eigenvalue weighted by Crippen LogP contribution is 2.21. The van der Waals surface area contributed by atoms with Gasteiger partial charge in [-0.15, -0.1) is 0 Å². The minimum Gasteiger partial charge on any atom is -0.0925 e. The molecule has 0 aromatic heterocycles. The predicted octanol–water partition coefficient (Wildman–Crippen LogP) is 13.7. The van der Waals surface area contributed by atoms with Gasteiger partial charge < -0.3 is 0 Å². The Kier molecular flexibility index (Phi) is 33.0. The van der Waals surface area contributed by atoms with Gasteiger partial charge in [0.1, 0.15) is 0 Å². The standard InChI is InChI=1S/C34H69Br/c1-3-5-7-9-11-13-15-17-19-21-23-25-27-29-31-34(33-35)32-30-28-26-24-22-20-18-16-14-12-10-8-6-4-2/h34H,3-33H2,1-2H3. The van der Waals surface area contributed by atoms with Gasteiger partial charge in [-0.2, -0.15) is 0 Å². The molecule has 35 heavy (non-hydrogen) atoms. The molecular formula is C34H69Br. The molecule has 0 aliphatic carbocycles. The van der Waals surface area contributed by atoms with E-state index in [1.807, 2.05) is 0 Å². The van der Waals surface area contributed by atoms with Crippen LogP contribution in [0.4, 0.5) is 0 Å². The fourth-order valence-electron chi connectivity index (χ4n) is 5.55. The lowest BCUT2D eigenvalue weighted by Gasteiger charge is -2.13. The van der Waals surface area contributed by atoms with Crippen molar-refractivity contribution in [2.45, 2.75) is 206 Å². The van der Waals surface area contributed by atoms with Crippen LogP contribution in [0.2, 0.25) is 0 Å². The van der Waals surface area contributed by atoms with Crippen molar-refractivity contribution in [3.63, 3.8) is 0 Å². The second-order valence-corrected chi connectivity index (χ2v) is 12.4. The molecule has 0 saturated carbocycles. The summed E-state index contributed by atoms with van der Waals surface area (Å²) in [7, 11) is 0. The smallest absolute Gasteiger partial charge is 0.00596 e. The maximum Gasteiger partial charge on any atom is 0.00596 e. The number of hydrogen-bond donors (Lipinski definition) is 0. The lowest BCUT2D eigenvalue weighted by molar-refractivity contribution is 0.436. The fraction of sp³-hybridized carbons (Fsp3) is 1.00. The molecule has 0 unspecified atom stereocenters. The number of halogens is 1. The summed E-state index contributed by atoms with van der Waals surface area (Å²) in [6.45, 7) is 4.61. The molecule has 0 aliphatic heterocycles. The average Bonchev–Trinajstić information content (AvgIpc) is 2.87. The van der Waals surface area contributed by atoms with E-state index in [1.165, 1.54) is 198 Å². The molecule has 0 amide bonds. The Bertz CT molecular complexity index is 320. The lowest BCUT2D eigenvalue weighted by Crippen LogP contribution is -2.02. The van der Waals surface area contributed by atoms with Crippen molar-refractivity contribution in [3.8, 4) is 0 Å². The van der Waals surface area contributed by atoms with Gasteiger partial charge >= 0.3 is 0 Å². The summed E-state index contributed by atoms with van der Waals surface area (Å²) in [5.74, 6) is 0.935. The Hall–Kier alpha value is 0.480. The van der Waals surface area contributed by atoms with E-state index in [4.69, 9.17) is 0 Å². The van der Waals surface area contributed by atoms with Crippen LogP contribution >= 0.6 is 15.9 Å². The Morgan fingerprint density at radius 2 is 0.514 bits per heavy atom. The summed E-state index contributed by atoms with van der Waals surface area (Å²) in [5.41, 5.74) is 0. The van der Waals surface area contributed by atoms with Gasteiger partial charge in [0.25, 0.3) is 0 Å². The Morgan fingerprint density at radius 1 is 0.314 bits per heavy atom. The molecular weight excluding hydrogens is 488 g/mol. The van der Waals surface area contributed by atoms with Gasteiger partial charge in [0, 0.05) is 5.33 Å². The van der Waals surface area contributed by atoms with Crippen LogP contribution in [0.25, 0.3) is 0 Å². The van der Waals surface area contributed by atoms with E-state index in [0.29, 0.717) is 0 Å². The van der Waals surface area contributed by atoms with Crippen molar-refractivity contribution in [3.05, 3.63) is 0 Å². The van der Waals surface area contributed by atoms with Crippen LogP contribution in [0.1, 0.15) is 206 Å². The number of unbranched alkanes of at least 4 members (excludes halogenated alkanes) is 26. The molecule has 0 rings (SSSR count). The molecule has 0 aromatic rings. The average molecular weight is 558 g/mol. The third-order valence-electron chi connectivity index (χ3n) is 8.15. The minimum atomic E-state index is 0.935. The number of hydrogen-bond acceptors (Lipinski definition) is 0. The van der Waals surface area contributed by atoms with Crippen molar-refractivity contribution in [2.24, 2.45) is 5.92 Å². The van der Waals surface area contributed by atoms with Gasteiger partial charge in [-0.1, -0.05) is 210 Å². The Morgan fingerprint density at radius 3 is 0.714 bits per heavy atom. The first kappa shape index (κ1) is 35.5. The van der Waals surface area contributed by atoms with E-state index in [2.05, 4.69) is 29.8 Å². The molecule has 0 aliphatic rings. The molecule has 0 bridgehead atoms. The van der Waals surface area contributed by atoms with E-state index >= 15 is 0 Å². The van der Waals surface area contributed by atoms with Crippen LogP contribution in [0, 0.1) is 5.92 Å². The minimum absolute atomic E-state index is 0.935. The highest BCUT2D eigenvalue weighted by Gasteiger charge is 2.06. The van der Waals surface area contributed by atoms with Crippen LogP contribution in [-0.4, -0.2) is 5.33 Å². The first-order valence-corrected chi connectivity index (χ1v) is 18.0. The summed E-state index contributed by atoms with van der Waals surface area (Å²) in [4.78, 5) is 0. The third-order valence-corrected chi connectivity index (χ3v) is 9.07. The van der Waals surface area contributed by atoms with Gasteiger partial charge in [-0.25, -0.2) is 0 Å². The van der Waals surface area contributed by atoms with Crippen molar-refractivity contribution >= 4 is 15.9 Å². The zero-order chi connectivity index (χ0) is 25.5. The molecule has 0 aromatic carbocycles. The summed E-state index contributed by atoms with van der Waals surface area (Å²) in [5, 5.41) is 1.23. The molecule has 0 nitrogen and oxygen atoms in total. The van der Waals surface area contributed by atoms with Crippen molar-refractivity contribution in [1.29, 1.82) is 0 Å². The number of alkyl halides is 1. The molecule has 0 radical (unpaired) electrons. The molecule has 0 atom stereocenters. The second kappa shape index (κ2) is 32.5. The van der Waals surface area contributed by atoms with E-state index in [9.17, 15) is 0 Å². The largest absolute Gasteiger partial charge is 0.0925 e. The SMILES string of the molecule is CCCCCCCCCCCCCCCCC(CBr)CCCCCCCCCCCCCCCC. The number of rotatable bonds is 31. The highest BCUT2D eigenvalue weighted by molar-refractivity contribution is 9.09. The topological polar surface area (TPSA) is 0 Å². The molecule has 0 saturated heterocycles. The van der Waals surface area contributed by atoms with Crippen LogP contribution in [-0.2, 0) is 0 Å². The molecule has 212 valence electrons. The predicted molar refractivity (Wildman–Crippen MR) is 167 cm³/mol. The lowest BCUT2D eigenvalue weighted by atomic mass is 9.95. The summed E-state index contributed by atoms with van der Waals surface area (Å²) < 4.78 is 0. The Balaban J connectivity index is 3.25. The Labute approximate surface area is 233 Å². The van der Waals surface area contributed by atoms with Crippen LogP contribution in [0.15, 0.2) is 0 Å². The maximum atomic E-state index is 3.80. The molecule has 1 heteroatoms. The zero-order valence-electron chi connectivity index (χ0n) is 24.9. The summed E-state index contributed by atoms with van der Waals surface area (Å²) in [6, 6.07) is 0. The van der Waals surface area contributed by atoms with Gasteiger partial charge in [-0.05, 0) is 18.8 Å². The molecule has 0 spiro atoms. The van der Waals surface area contributed by atoms with Crippen LogP contribution in [0.5, 0.6) is 0 Å². The zero-order valence-corrected chi connectivity index (χ0v) is 26.5. The first-order chi connectivity index (χ1) is 17.3. The van der Waals surface area contributed by atoms with E-state index in [1.54, 1.807) is 0 Å². The quantitative estimate of drug-likeness (QED) is 0.0587. The molecule has 0 heterocycles. The molecule has 0 N–H and O–H groups in total. The second-order valence-electron chi connectivity index (χ2n) is 11.8. The van der Waals surface area contributed by atoms with Crippen molar-refractivity contribution < 1.29 is 0 Å². The van der Waals surface area contributed by atoms with Crippen LogP contribution < -0.4 is 0 Å². The van der Waals surface area contributed by atoms with Gasteiger partial charge in [0.05, 0.1) is 0 Å². The third kappa shape index (κ3) is 30.6. The fourth-order valence-corrected chi connectivity index (χ4v) is 6.20. The van der Waals surface area contributed by atoms with Crippen molar-refractivity contribution in [2.75, 3.05) is 5.33 Å². The van der Waals surface area contributed by atoms with E-state index in [0.717, 1.165) is 5.92 Å². The maximum absolute atomic E-state index is 3.80. The molecule has 0 fully saturated rings. The highest BCUT2D eigenvalue weighted by atomic mass is 79.9. The van der Waals surface area contributed by atoms with Crippen LogP contribution in [0.3, 0.4) is 0 Å². The monoisotopic (exact) mass is 556 g/mol.